The first kappa shape index (κ1) is 15.4. The third kappa shape index (κ3) is 4.93. The van der Waals surface area contributed by atoms with Crippen LogP contribution in [-0.2, 0) is 25.7 Å². The van der Waals surface area contributed by atoms with Gasteiger partial charge in [-0.15, -0.1) is 0 Å². The summed E-state index contributed by atoms with van der Waals surface area (Å²) in [4.78, 5) is 33.3. The highest BCUT2D eigenvalue weighted by Crippen LogP contribution is 2.10. The topological polar surface area (TPSA) is 89.9 Å². The van der Waals surface area contributed by atoms with E-state index in [2.05, 4.69) is 4.74 Å². The molecule has 0 heterocycles. The van der Waals surface area contributed by atoms with Crippen LogP contribution in [0.1, 0.15) is 22.8 Å². The van der Waals surface area contributed by atoms with Crippen molar-refractivity contribution in [3.8, 4) is 0 Å². The number of carbonyl (C=O) groups is 3. The lowest BCUT2D eigenvalue weighted by Gasteiger charge is -2.05. The summed E-state index contributed by atoms with van der Waals surface area (Å²) in [6, 6.07) is 6.19. The molecule has 6 heteroatoms. The Bertz CT molecular complexity index is 532. The molecule has 0 fully saturated rings. The van der Waals surface area contributed by atoms with Crippen LogP contribution in [-0.4, -0.2) is 29.6 Å². The van der Waals surface area contributed by atoms with Gasteiger partial charge in [0.05, 0.1) is 12.2 Å². The normalized spacial score (nSPS) is 10.2. The van der Waals surface area contributed by atoms with Gasteiger partial charge in [-0.3, -0.25) is 0 Å². The molecule has 0 unspecified atom stereocenters. The van der Waals surface area contributed by atoms with E-state index < -0.39 is 17.9 Å². The molecule has 0 amide bonds. The fourth-order valence-corrected chi connectivity index (χ4v) is 1.38. The Kier molecular flexibility index (Phi) is 5.96. The third-order valence-electron chi connectivity index (χ3n) is 2.26. The van der Waals surface area contributed by atoms with E-state index in [4.69, 9.17) is 9.84 Å². The quantitative estimate of drug-likeness (QED) is 0.627. The third-order valence-corrected chi connectivity index (χ3v) is 2.26. The van der Waals surface area contributed by atoms with E-state index in [0.717, 1.165) is 12.2 Å². The Balaban J connectivity index is 2.57. The molecule has 1 aromatic rings. The Morgan fingerprint density at radius 3 is 2.30 bits per heavy atom. The van der Waals surface area contributed by atoms with Gasteiger partial charge >= 0.3 is 17.9 Å². The molecule has 0 aliphatic carbocycles. The standard InChI is InChI=1S/C14H14O6/c1-2-19-12(15)7-8-13(16)20-9-10-5-3-4-6-11(10)14(17)18/h3-8H,2,9H2,1H3,(H,17,18)/b8-7+. The van der Waals surface area contributed by atoms with Crippen molar-refractivity contribution in [2.75, 3.05) is 6.61 Å². The Morgan fingerprint density at radius 2 is 1.70 bits per heavy atom. The molecule has 106 valence electrons. The SMILES string of the molecule is CCOC(=O)/C=C/C(=O)OCc1ccccc1C(=O)O. The minimum atomic E-state index is -1.10. The van der Waals surface area contributed by atoms with E-state index in [0.29, 0.717) is 5.56 Å². The van der Waals surface area contributed by atoms with Crippen molar-refractivity contribution in [2.45, 2.75) is 13.5 Å². The van der Waals surface area contributed by atoms with Crippen LogP contribution in [0.4, 0.5) is 0 Å². The predicted octanol–water partition coefficient (Wildman–Crippen LogP) is 1.55. The second kappa shape index (κ2) is 7.73. The fourth-order valence-electron chi connectivity index (χ4n) is 1.38. The summed E-state index contributed by atoms with van der Waals surface area (Å²) in [6.45, 7) is 1.67. The first-order valence-electron chi connectivity index (χ1n) is 5.87. The smallest absolute Gasteiger partial charge is 0.336 e. The van der Waals surface area contributed by atoms with E-state index in [9.17, 15) is 14.4 Å². The maximum absolute atomic E-state index is 11.3. The van der Waals surface area contributed by atoms with Gasteiger partial charge in [0.2, 0.25) is 0 Å². The zero-order valence-corrected chi connectivity index (χ0v) is 10.9. The second-order valence-electron chi connectivity index (χ2n) is 3.66. The van der Waals surface area contributed by atoms with Gasteiger partial charge in [0.1, 0.15) is 6.61 Å². The van der Waals surface area contributed by atoms with Crippen LogP contribution in [0.3, 0.4) is 0 Å². The summed E-state index contributed by atoms with van der Waals surface area (Å²) in [6.07, 6.45) is 1.89. The molecule has 0 saturated carbocycles. The lowest BCUT2D eigenvalue weighted by atomic mass is 10.1. The van der Waals surface area contributed by atoms with Gasteiger partial charge in [-0.2, -0.15) is 0 Å². The number of ether oxygens (including phenoxy) is 2. The van der Waals surface area contributed by atoms with Gasteiger partial charge < -0.3 is 14.6 Å². The highest BCUT2D eigenvalue weighted by molar-refractivity contribution is 5.92. The van der Waals surface area contributed by atoms with Crippen LogP contribution < -0.4 is 0 Å². The first-order chi connectivity index (χ1) is 9.54. The van der Waals surface area contributed by atoms with E-state index in [1.165, 1.54) is 6.07 Å². The van der Waals surface area contributed by atoms with Crippen molar-refractivity contribution >= 4 is 17.9 Å². The maximum Gasteiger partial charge on any atom is 0.336 e. The highest BCUT2D eigenvalue weighted by atomic mass is 16.5. The minimum Gasteiger partial charge on any atom is -0.478 e. The zero-order chi connectivity index (χ0) is 15.0. The lowest BCUT2D eigenvalue weighted by Crippen LogP contribution is -2.07. The van der Waals surface area contributed by atoms with Crippen LogP contribution in [0.2, 0.25) is 0 Å². The summed E-state index contributed by atoms with van der Waals surface area (Å²) in [5, 5.41) is 8.95. The van der Waals surface area contributed by atoms with E-state index in [1.807, 2.05) is 0 Å². The molecule has 0 aliphatic rings. The van der Waals surface area contributed by atoms with Crippen molar-refractivity contribution in [2.24, 2.45) is 0 Å². The molecule has 0 aliphatic heterocycles. The monoisotopic (exact) mass is 278 g/mol. The van der Waals surface area contributed by atoms with E-state index in [-0.39, 0.29) is 18.8 Å². The van der Waals surface area contributed by atoms with Gasteiger partial charge in [0.15, 0.2) is 0 Å². The molecule has 1 N–H and O–H groups in total. The summed E-state index contributed by atoms with van der Waals surface area (Å²) in [7, 11) is 0. The van der Waals surface area contributed by atoms with Crippen molar-refractivity contribution in [3.05, 3.63) is 47.5 Å². The highest BCUT2D eigenvalue weighted by Gasteiger charge is 2.10. The van der Waals surface area contributed by atoms with Crippen LogP contribution in [0.5, 0.6) is 0 Å². The first-order valence-corrected chi connectivity index (χ1v) is 5.87. The number of aromatic carboxylic acids is 1. The molecule has 20 heavy (non-hydrogen) atoms. The maximum atomic E-state index is 11.3. The summed E-state index contributed by atoms with van der Waals surface area (Å²) in [5.41, 5.74) is 0.438. The van der Waals surface area contributed by atoms with Crippen LogP contribution in [0.25, 0.3) is 0 Å². The van der Waals surface area contributed by atoms with Gasteiger partial charge in [-0.25, -0.2) is 14.4 Å². The van der Waals surface area contributed by atoms with Gasteiger partial charge in [-0.1, -0.05) is 18.2 Å². The fraction of sp³-hybridized carbons (Fsp3) is 0.214. The molecule has 0 radical (unpaired) electrons. The number of esters is 2. The van der Waals surface area contributed by atoms with Crippen LogP contribution in [0, 0.1) is 0 Å². The number of carbonyl (C=O) groups excluding carboxylic acids is 2. The number of rotatable bonds is 6. The lowest BCUT2D eigenvalue weighted by molar-refractivity contribution is -0.141. The molecular formula is C14H14O6. The molecule has 0 aromatic heterocycles. The van der Waals surface area contributed by atoms with Crippen molar-refractivity contribution in [1.29, 1.82) is 0 Å². The summed E-state index contributed by atoms with van der Waals surface area (Å²) >= 11 is 0. The van der Waals surface area contributed by atoms with Crippen molar-refractivity contribution in [1.82, 2.24) is 0 Å². The number of benzene rings is 1. The molecule has 1 rings (SSSR count). The molecule has 0 atom stereocenters. The molecule has 1 aromatic carbocycles. The number of carboxylic acid groups (broad SMARTS) is 1. The number of hydrogen-bond donors (Lipinski definition) is 1. The average Bonchev–Trinajstić information content (AvgIpc) is 2.43. The Labute approximate surface area is 115 Å². The van der Waals surface area contributed by atoms with E-state index >= 15 is 0 Å². The average molecular weight is 278 g/mol. The second-order valence-corrected chi connectivity index (χ2v) is 3.66. The van der Waals surface area contributed by atoms with Gasteiger partial charge in [0.25, 0.3) is 0 Å². The molecule has 0 saturated heterocycles. The van der Waals surface area contributed by atoms with Crippen molar-refractivity contribution in [3.63, 3.8) is 0 Å². The Hall–Kier alpha value is -2.63. The van der Waals surface area contributed by atoms with Crippen LogP contribution in [0.15, 0.2) is 36.4 Å². The molecule has 0 bridgehead atoms. The summed E-state index contributed by atoms with van der Waals surface area (Å²) in [5.74, 6) is -2.49. The predicted molar refractivity (Wildman–Crippen MR) is 69.0 cm³/mol. The van der Waals surface area contributed by atoms with Crippen LogP contribution >= 0.6 is 0 Å². The largest absolute Gasteiger partial charge is 0.478 e. The van der Waals surface area contributed by atoms with Gasteiger partial charge in [0, 0.05) is 17.7 Å². The number of carboxylic acids is 1. The molecule has 0 spiro atoms. The molecule has 6 nitrogen and oxygen atoms in total. The Morgan fingerprint density at radius 1 is 1.10 bits per heavy atom. The van der Waals surface area contributed by atoms with Gasteiger partial charge in [-0.05, 0) is 13.0 Å². The molecular weight excluding hydrogens is 264 g/mol. The minimum absolute atomic E-state index is 0.0645. The summed E-state index contributed by atoms with van der Waals surface area (Å²) < 4.78 is 9.44. The zero-order valence-electron chi connectivity index (χ0n) is 10.9. The number of hydrogen-bond acceptors (Lipinski definition) is 5. The van der Waals surface area contributed by atoms with E-state index in [1.54, 1.807) is 25.1 Å². The van der Waals surface area contributed by atoms with Crippen molar-refractivity contribution < 1.29 is 29.0 Å².